The van der Waals surface area contributed by atoms with E-state index < -0.39 is 0 Å². The minimum absolute atomic E-state index is 0.0973. The Balaban J connectivity index is 1.63. The Morgan fingerprint density at radius 2 is 1.92 bits per heavy atom. The van der Waals surface area contributed by atoms with Gasteiger partial charge in [-0.25, -0.2) is 4.39 Å². The summed E-state index contributed by atoms with van der Waals surface area (Å²) in [5.74, 6) is 1.29. The van der Waals surface area contributed by atoms with E-state index in [2.05, 4.69) is 15.1 Å². The van der Waals surface area contributed by atoms with Crippen molar-refractivity contribution in [3.63, 3.8) is 0 Å². The monoisotopic (exact) mass is 342 g/mol. The summed E-state index contributed by atoms with van der Waals surface area (Å²) >= 11 is 0. The molecule has 0 amide bonds. The van der Waals surface area contributed by atoms with E-state index in [0.717, 1.165) is 24.5 Å². The second-order valence-corrected chi connectivity index (χ2v) is 6.80. The van der Waals surface area contributed by atoms with Gasteiger partial charge >= 0.3 is 0 Å². The second kappa shape index (κ2) is 6.96. The number of fused-ring (bicyclic) bond motifs is 1. The zero-order valence-corrected chi connectivity index (χ0v) is 14.2. The van der Waals surface area contributed by atoms with Gasteiger partial charge in [0.05, 0.1) is 5.69 Å². The number of ether oxygens (including phenoxy) is 1. The van der Waals surface area contributed by atoms with Gasteiger partial charge in [0.15, 0.2) is 5.82 Å². The van der Waals surface area contributed by atoms with Crippen LogP contribution in [-0.4, -0.2) is 35.9 Å². The molecule has 2 aliphatic heterocycles. The van der Waals surface area contributed by atoms with Crippen molar-refractivity contribution in [2.75, 3.05) is 24.5 Å². The molecule has 3 heterocycles. The van der Waals surface area contributed by atoms with Crippen molar-refractivity contribution < 1.29 is 9.13 Å². The number of hydrogen-bond donors (Lipinski definition) is 1. The number of hydrogen-bond acceptors (Lipinski definition) is 5. The third-order valence-electron chi connectivity index (χ3n) is 4.98. The van der Waals surface area contributed by atoms with Crippen LogP contribution >= 0.6 is 0 Å². The van der Waals surface area contributed by atoms with Gasteiger partial charge < -0.3 is 15.4 Å². The highest BCUT2D eigenvalue weighted by atomic mass is 19.1. The first-order chi connectivity index (χ1) is 12.2. The van der Waals surface area contributed by atoms with Crippen molar-refractivity contribution in [2.24, 2.45) is 5.73 Å². The third kappa shape index (κ3) is 3.31. The number of anilines is 1. The summed E-state index contributed by atoms with van der Waals surface area (Å²) in [5.41, 5.74) is 7.84. The lowest BCUT2D eigenvalue weighted by Crippen LogP contribution is -2.25. The molecule has 2 aromatic rings. The summed E-state index contributed by atoms with van der Waals surface area (Å²) in [4.78, 5) is 2.28. The van der Waals surface area contributed by atoms with Crippen LogP contribution in [0.2, 0.25) is 0 Å². The highest BCUT2D eigenvalue weighted by molar-refractivity contribution is 5.70. The van der Waals surface area contributed by atoms with Gasteiger partial charge in [-0.05, 0) is 37.1 Å². The first kappa shape index (κ1) is 16.3. The van der Waals surface area contributed by atoms with Gasteiger partial charge in [-0.2, -0.15) is 0 Å². The number of benzene rings is 1. The number of halogens is 1. The normalized spacial score (nSPS) is 20.1. The molecule has 132 valence electrons. The Labute approximate surface area is 147 Å². The Bertz CT molecular complexity index is 742. The van der Waals surface area contributed by atoms with Gasteiger partial charge in [-0.3, -0.25) is 0 Å². The second-order valence-electron chi connectivity index (χ2n) is 6.80. The molecule has 0 unspecified atom stereocenters. The Morgan fingerprint density at radius 3 is 2.60 bits per heavy atom. The maximum atomic E-state index is 14.0. The molecule has 0 spiro atoms. The number of rotatable bonds is 3. The lowest BCUT2D eigenvalue weighted by molar-refractivity contribution is 0.242. The van der Waals surface area contributed by atoms with Gasteiger partial charge in [0, 0.05) is 37.2 Å². The van der Waals surface area contributed by atoms with Crippen LogP contribution in [0.3, 0.4) is 0 Å². The van der Waals surface area contributed by atoms with E-state index >= 15 is 0 Å². The van der Waals surface area contributed by atoms with Gasteiger partial charge in [0.2, 0.25) is 0 Å². The first-order valence-electron chi connectivity index (χ1n) is 9.03. The van der Waals surface area contributed by atoms with E-state index in [-0.39, 0.29) is 11.9 Å². The summed E-state index contributed by atoms with van der Waals surface area (Å²) in [6.07, 6.45) is 5.47. The van der Waals surface area contributed by atoms with E-state index in [0.29, 0.717) is 30.0 Å². The highest BCUT2D eigenvalue weighted by Crippen LogP contribution is 2.38. The summed E-state index contributed by atoms with van der Waals surface area (Å²) in [6.45, 7) is 2.45. The molecular weight excluding hydrogens is 319 g/mol. The predicted molar refractivity (Wildman–Crippen MR) is 95.3 cm³/mol. The summed E-state index contributed by atoms with van der Waals surface area (Å²) in [6, 6.07) is 6.86. The van der Waals surface area contributed by atoms with Crippen LogP contribution in [-0.2, 0) is 6.42 Å². The first-order valence-corrected chi connectivity index (χ1v) is 9.03. The maximum absolute atomic E-state index is 14.0. The molecule has 25 heavy (non-hydrogen) atoms. The fourth-order valence-corrected chi connectivity index (χ4v) is 3.65. The Morgan fingerprint density at radius 1 is 1.12 bits per heavy atom. The Kier molecular flexibility index (Phi) is 4.53. The number of aromatic nitrogens is 2. The smallest absolute Gasteiger partial charge is 0.151 e. The summed E-state index contributed by atoms with van der Waals surface area (Å²) in [7, 11) is 0. The van der Waals surface area contributed by atoms with Crippen molar-refractivity contribution in [1.29, 1.82) is 0 Å². The van der Waals surface area contributed by atoms with Crippen LogP contribution in [0.5, 0.6) is 5.75 Å². The highest BCUT2D eigenvalue weighted by Gasteiger charge is 2.26. The molecular formula is C19H23FN4O. The van der Waals surface area contributed by atoms with Crippen molar-refractivity contribution in [3.8, 4) is 17.0 Å². The molecule has 0 aliphatic carbocycles. The molecule has 1 saturated heterocycles. The van der Waals surface area contributed by atoms with Crippen molar-refractivity contribution in [3.05, 3.63) is 35.6 Å². The fraction of sp³-hybridized carbons (Fsp3) is 0.474. The van der Waals surface area contributed by atoms with Crippen molar-refractivity contribution >= 4 is 5.82 Å². The average molecular weight is 342 g/mol. The molecule has 5 nitrogen and oxygen atoms in total. The number of nitrogens with two attached hydrogens (primary N) is 1. The van der Waals surface area contributed by atoms with Crippen LogP contribution in [0.4, 0.5) is 10.2 Å². The van der Waals surface area contributed by atoms with Gasteiger partial charge in [0.25, 0.3) is 0 Å². The summed E-state index contributed by atoms with van der Waals surface area (Å²) in [5, 5.41) is 8.74. The lowest BCUT2D eigenvalue weighted by Gasteiger charge is -2.20. The van der Waals surface area contributed by atoms with E-state index in [1.54, 1.807) is 0 Å². The molecule has 0 radical (unpaired) electrons. The van der Waals surface area contributed by atoms with E-state index in [1.165, 1.54) is 37.8 Å². The molecule has 1 atom stereocenters. The van der Waals surface area contributed by atoms with E-state index in [9.17, 15) is 4.39 Å². The summed E-state index contributed by atoms with van der Waals surface area (Å²) < 4.78 is 19.9. The molecule has 0 bridgehead atoms. The van der Waals surface area contributed by atoms with Crippen LogP contribution in [0.15, 0.2) is 24.3 Å². The SMILES string of the molecule is NC[C@@H]1Cc2cc(F)cc(-c3ccc(N4CCCCCC4)nn3)c2O1. The van der Waals surface area contributed by atoms with Crippen LogP contribution in [0.1, 0.15) is 31.2 Å². The maximum Gasteiger partial charge on any atom is 0.151 e. The molecule has 1 aromatic carbocycles. The largest absolute Gasteiger partial charge is 0.488 e. The van der Waals surface area contributed by atoms with Crippen LogP contribution in [0.25, 0.3) is 11.3 Å². The Hall–Kier alpha value is -2.21. The number of nitrogens with zero attached hydrogens (tertiary/aromatic N) is 3. The average Bonchev–Trinajstić information content (AvgIpc) is 2.86. The van der Waals surface area contributed by atoms with Crippen LogP contribution < -0.4 is 15.4 Å². The molecule has 1 fully saturated rings. The standard InChI is InChI=1S/C19H23FN4O/c20-14-9-13-10-15(12-21)25-19(13)16(11-14)17-5-6-18(23-22-17)24-7-3-1-2-4-8-24/h5-6,9,11,15H,1-4,7-8,10,12,21H2/t15-/m0/s1. The van der Waals surface area contributed by atoms with E-state index in [4.69, 9.17) is 10.5 Å². The molecule has 1 aromatic heterocycles. The van der Waals surface area contributed by atoms with Crippen molar-refractivity contribution in [1.82, 2.24) is 10.2 Å². The van der Waals surface area contributed by atoms with Crippen molar-refractivity contribution in [2.45, 2.75) is 38.2 Å². The zero-order valence-electron chi connectivity index (χ0n) is 14.2. The van der Waals surface area contributed by atoms with Gasteiger partial charge in [-0.15, -0.1) is 10.2 Å². The van der Waals surface area contributed by atoms with Gasteiger partial charge in [-0.1, -0.05) is 12.8 Å². The molecule has 2 N–H and O–H groups in total. The van der Waals surface area contributed by atoms with Gasteiger partial charge in [0.1, 0.15) is 17.7 Å². The third-order valence-corrected chi connectivity index (χ3v) is 4.98. The van der Waals surface area contributed by atoms with E-state index in [1.807, 2.05) is 12.1 Å². The topological polar surface area (TPSA) is 64.3 Å². The molecule has 4 rings (SSSR count). The minimum atomic E-state index is -0.284. The molecule has 6 heteroatoms. The predicted octanol–water partition coefficient (Wildman–Crippen LogP) is 2.93. The molecule has 2 aliphatic rings. The van der Waals surface area contributed by atoms with Crippen LogP contribution in [0, 0.1) is 5.82 Å². The zero-order chi connectivity index (χ0) is 17.2. The quantitative estimate of drug-likeness (QED) is 0.929. The minimum Gasteiger partial charge on any atom is -0.488 e. The molecule has 0 saturated carbocycles. The lowest BCUT2D eigenvalue weighted by atomic mass is 10.0. The fourth-order valence-electron chi connectivity index (χ4n) is 3.65.